The molecule has 0 aromatic rings. The molecule has 1 aliphatic heterocycles. The summed E-state index contributed by atoms with van der Waals surface area (Å²) in [6.07, 6.45) is 0. The van der Waals surface area contributed by atoms with Crippen molar-refractivity contribution in [3.05, 3.63) is 0 Å². The second-order valence-corrected chi connectivity index (χ2v) is 14.3. The molecule has 1 rings (SSSR count). The zero-order valence-corrected chi connectivity index (χ0v) is 9.02. The molecule has 1 nitrogen and oxygen atoms in total. The summed E-state index contributed by atoms with van der Waals surface area (Å²) >= 11 is 0.862. The van der Waals surface area contributed by atoms with E-state index in [2.05, 4.69) is 13.5 Å². The second kappa shape index (κ2) is 2.75. The van der Waals surface area contributed by atoms with Crippen molar-refractivity contribution in [1.82, 2.24) is 0 Å². The molecule has 1 aliphatic rings. The van der Waals surface area contributed by atoms with E-state index in [4.69, 9.17) is 4.43 Å². The maximum absolute atomic E-state index is 5.54. The van der Waals surface area contributed by atoms with E-state index < -0.39 is 6.92 Å². The molecule has 0 saturated carbocycles. The number of hydrogen-bond acceptors (Lipinski definition) is 1. The molecule has 0 aromatic carbocycles. The van der Waals surface area contributed by atoms with Crippen LogP contribution in [0.3, 0.4) is 0 Å². The molecule has 0 spiro atoms. The summed E-state index contributed by atoms with van der Waals surface area (Å²) in [5.74, 6) is 0.960. The van der Waals surface area contributed by atoms with Crippen molar-refractivity contribution in [3.63, 3.8) is 0 Å². The van der Waals surface area contributed by atoms with Crippen LogP contribution in [0.15, 0.2) is 0 Å². The quantitative estimate of drug-likeness (QED) is 0.594. The second-order valence-electron chi connectivity index (χ2n) is 2.96. The van der Waals surface area contributed by atoms with Crippen LogP contribution in [0.5, 0.6) is 0 Å². The van der Waals surface area contributed by atoms with Crippen molar-refractivity contribution in [2.24, 2.45) is 5.92 Å². The van der Waals surface area contributed by atoms with Crippen LogP contribution in [-0.4, -0.2) is 28.4 Å². The average Bonchev–Trinajstić information content (AvgIpc) is 2.13. The number of hydrogen-bond donors (Lipinski definition) is 0. The zero-order valence-electron chi connectivity index (χ0n) is 6.31. The Morgan fingerprint density at radius 1 is 1.67 bits per heavy atom. The first-order valence-corrected chi connectivity index (χ1v) is 9.66. The normalized spacial score (nSPS) is 43.7. The number of rotatable bonds is 1. The van der Waals surface area contributed by atoms with Gasteiger partial charge in [-0.15, -0.1) is 0 Å². The first kappa shape index (κ1) is 7.80. The third-order valence-electron chi connectivity index (χ3n) is 1.82. The topological polar surface area (TPSA) is 9.23 Å². The molecule has 0 amide bonds. The van der Waals surface area contributed by atoms with E-state index in [9.17, 15) is 0 Å². The van der Waals surface area contributed by atoms with E-state index in [0.717, 1.165) is 20.2 Å². The molecule has 0 bridgehead atoms. The standard InChI is InChI=1S/C6H14OSeSi/c1-6-4-8-9(3,5-6)7-2/h6H,4-5H2,1-3H3. The molecule has 0 N–H and O–H groups in total. The van der Waals surface area contributed by atoms with E-state index in [-0.39, 0.29) is 0 Å². The molecule has 54 valence electrons. The Morgan fingerprint density at radius 3 is 2.56 bits per heavy atom. The first-order valence-electron chi connectivity index (χ1n) is 3.35. The van der Waals surface area contributed by atoms with Gasteiger partial charge < -0.3 is 0 Å². The molecule has 3 heteroatoms. The van der Waals surface area contributed by atoms with Gasteiger partial charge in [-0.2, -0.15) is 0 Å². The van der Waals surface area contributed by atoms with Gasteiger partial charge in [0.1, 0.15) is 0 Å². The van der Waals surface area contributed by atoms with Crippen molar-refractivity contribution in [2.75, 3.05) is 7.11 Å². The van der Waals surface area contributed by atoms with Crippen LogP contribution < -0.4 is 0 Å². The van der Waals surface area contributed by atoms with Gasteiger partial charge in [-0.1, -0.05) is 0 Å². The predicted octanol–water partition coefficient (Wildman–Crippen LogP) is 1.48. The summed E-state index contributed by atoms with van der Waals surface area (Å²) in [4.78, 5) is 0. The Morgan fingerprint density at radius 2 is 2.33 bits per heavy atom. The Kier molecular flexibility index (Phi) is 2.38. The molecule has 1 heterocycles. The fraction of sp³-hybridized carbons (Fsp3) is 1.00. The van der Waals surface area contributed by atoms with Gasteiger partial charge in [0.05, 0.1) is 0 Å². The average molecular weight is 209 g/mol. The molecule has 0 aromatic heterocycles. The van der Waals surface area contributed by atoms with Gasteiger partial charge in [0, 0.05) is 0 Å². The third kappa shape index (κ3) is 1.81. The minimum atomic E-state index is -1.06. The van der Waals surface area contributed by atoms with E-state index in [1.165, 1.54) is 11.4 Å². The zero-order chi connectivity index (χ0) is 6.91. The van der Waals surface area contributed by atoms with Gasteiger partial charge >= 0.3 is 63.5 Å². The molecule has 9 heavy (non-hydrogen) atoms. The van der Waals surface area contributed by atoms with Crippen molar-refractivity contribution < 1.29 is 4.43 Å². The van der Waals surface area contributed by atoms with E-state index in [0.29, 0.717) is 0 Å². The fourth-order valence-electron chi connectivity index (χ4n) is 1.21. The molecule has 0 radical (unpaired) electrons. The van der Waals surface area contributed by atoms with Crippen LogP contribution in [0.25, 0.3) is 0 Å². The van der Waals surface area contributed by atoms with E-state index in [1.54, 1.807) is 0 Å². The summed E-state index contributed by atoms with van der Waals surface area (Å²) in [5.41, 5.74) is 0. The van der Waals surface area contributed by atoms with Gasteiger partial charge in [-0.05, 0) is 0 Å². The molecule has 1 saturated heterocycles. The summed E-state index contributed by atoms with van der Waals surface area (Å²) in [6.45, 7) is 3.66. The maximum atomic E-state index is 5.54. The minimum absolute atomic E-state index is 0.862. The van der Waals surface area contributed by atoms with Crippen molar-refractivity contribution in [2.45, 2.75) is 24.8 Å². The van der Waals surface area contributed by atoms with Crippen molar-refractivity contribution in [3.8, 4) is 0 Å². The first-order chi connectivity index (χ1) is 4.16. The molecule has 1 fully saturated rings. The Balaban J connectivity index is 2.45. The molecular formula is C6H14OSeSi. The Labute approximate surface area is 63.9 Å². The van der Waals surface area contributed by atoms with E-state index in [1.807, 2.05) is 7.11 Å². The summed E-state index contributed by atoms with van der Waals surface area (Å²) < 4.78 is 5.54. The van der Waals surface area contributed by atoms with Crippen molar-refractivity contribution >= 4 is 21.2 Å². The van der Waals surface area contributed by atoms with Crippen molar-refractivity contribution in [1.29, 1.82) is 0 Å². The van der Waals surface area contributed by atoms with Gasteiger partial charge in [-0.3, -0.25) is 0 Å². The van der Waals surface area contributed by atoms with Crippen LogP contribution in [0.1, 0.15) is 6.92 Å². The molecule has 2 atom stereocenters. The summed E-state index contributed by atoms with van der Waals surface area (Å²) in [6, 6.07) is 1.41. The van der Waals surface area contributed by atoms with Crippen LogP contribution in [0.4, 0.5) is 0 Å². The predicted molar refractivity (Wildman–Crippen MR) is 43.2 cm³/mol. The van der Waals surface area contributed by atoms with Gasteiger partial charge in [0.2, 0.25) is 0 Å². The van der Waals surface area contributed by atoms with Crippen LogP contribution >= 0.6 is 0 Å². The van der Waals surface area contributed by atoms with Crippen LogP contribution in [0, 0.1) is 5.92 Å². The van der Waals surface area contributed by atoms with Gasteiger partial charge in [-0.25, -0.2) is 0 Å². The Hall–Kier alpha value is 0.696. The van der Waals surface area contributed by atoms with Gasteiger partial charge in [0.25, 0.3) is 0 Å². The molecular weight excluding hydrogens is 195 g/mol. The summed E-state index contributed by atoms with van der Waals surface area (Å²) in [5, 5.41) is 1.46. The van der Waals surface area contributed by atoms with E-state index >= 15 is 0 Å². The fourth-order valence-corrected chi connectivity index (χ4v) is 11.7. The van der Waals surface area contributed by atoms with Crippen LogP contribution in [-0.2, 0) is 4.43 Å². The van der Waals surface area contributed by atoms with Gasteiger partial charge in [0.15, 0.2) is 0 Å². The van der Waals surface area contributed by atoms with Crippen LogP contribution in [0.2, 0.25) is 17.9 Å². The monoisotopic (exact) mass is 210 g/mol. The SMILES string of the molecule is CO[Si]1(C)CC(C)C[Se]1. The summed E-state index contributed by atoms with van der Waals surface area (Å²) in [7, 11) is 1.89. The Bertz CT molecular complexity index is 109. The molecule has 2 unspecified atom stereocenters. The third-order valence-corrected chi connectivity index (χ3v) is 13.1. The molecule has 0 aliphatic carbocycles.